The zero-order valence-corrected chi connectivity index (χ0v) is 12.4. The van der Waals surface area contributed by atoms with Crippen LogP contribution in [0.4, 0.5) is 0 Å². The number of benzene rings is 1. The van der Waals surface area contributed by atoms with Crippen molar-refractivity contribution in [2.75, 3.05) is 33.8 Å². The van der Waals surface area contributed by atoms with Crippen LogP contribution >= 0.6 is 0 Å². The van der Waals surface area contributed by atoms with Gasteiger partial charge in [0.15, 0.2) is 11.5 Å². The zero-order chi connectivity index (χ0) is 13.9. The van der Waals surface area contributed by atoms with E-state index in [1.165, 1.54) is 18.4 Å². The summed E-state index contributed by atoms with van der Waals surface area (Å²) in [6.45, 7) is 3.21. The Hall–Kier alpha value is -1.26. The molecule has 4 heteroatoms. The summed E-state index contributed by atoms with van der Waals surface area (Å²) in [5, 5.41) is 3.53. The summed E-state index contributed by atoms with van der Waals surface area (Å²) in [5.74, 6) is 1.72. The van der Waals surface area contributed by atoms with E-state index in [2.05, 4.69) is 29.4 Å². The molecule has 0 aromatic heterocycles. The fourth-order valence-corrected chi connectivity index (χ4v) is 3.14. The number of hydrogen-bond acceptors (Lipinski definition) is 4. The summed E-state index contributed by atoms with van der Waals surface area (Å²) in [7, 11) is 3.84. The fraction of sp³-hybridized carbons (Fsp3) is 0.625. The Bertz CT molecular complexity index is 458. The normalized spacial score (nSPS) is 26.9. The molecule has 1 aromatic carbocycles. The second-order valence-electron chi connectivity index (χ2n) is 5.85. The quantitative estimate of drug-likeness (QED) is 0.914. The van der Waals surface area contributed by atoms with Crippen LogP contribution in [0.25, 0.3) is 0 Å². The number of rotatable bonds is 4. The topological polar surface area (TPSA) is 33.7 Å². The molecule has 1 aromatic rings. The van der Waals surface area contributed by atoms with Gasteiger partial charge in [-0.15, -0.1) is 0 Å². The van der Waals surface area contributed by atoms with E-state index < -0.39 is 0 Å². The maximum Gasteiger partial charge on any atom is 0.161 e. The van der Waals surface area contributed by atoms with Gasteiger partial charge >= 0.3 is 0 Å². The van der Waals surface area contributed by atoms with Crippen molar-refractivity contribution in [1.82, 2.24) is 10.2 Å². The average Bonchev–Trinajstić information content (AvgIpc) is 3.10. The molecule has 2 aliphatic heterocycles. The third kappa shape index (κ3) is 2.91. The van der Waals surface area contributed by atoms with Crippen LogP contribution in [0.15, 0.2) is 18.2 Å². The molecule has 1 N–H and O–H groups in total. The molecule has 20 heavy (non-hydrogen) atoms. The maximum atomic E-state index is 6.17. The molecule has 4 nitrogen and oxygen atoms in total. The third-order valence-corrected chi connectivity index (χ3v) is 4.29. The Morgan fingerprint density at radius 1 is 1.25 bits per heavy atom. The highest BCUT2D eigenvalue weighted by atomic mass is 16.5. The Kier molecular flexibility index (Phi) is 4.13. The van der Waals surface area contributed by atoms with E-state index in [0.717, 1.165) is 37.6 Å². The highest BCUT2D eigenvalue weighted by Gasteiger charge is 2.23. The van der Waals surface area contributed by atoms with Crippen LogP contribution in [0.5, 0.6) is 11.5 Å². The van der Waals surface area contributed by atoms with E-state index in [1.807, 2.05) is 6.07 Å². The van der Waals surface area contributed by atoms with Crippen molar-refractivity contribution in [2.45, 2.75) is 31.4 Å². The van der Waals surface area contributed by atoms with Crippen molar-refractivity contribution < 1.29 is 9.47 Å². The summed E-state index contributed by atoms with van der Waals surface area (Å²) >= 11 is 0. The minimum absolute atomic E-state index is 0.278. The van der Waals surface area contributed by atoms with Crippen LogP contribution in [0, 0.1) is 0 Å². The van der Waals surface area contributed by atoms with E-state index >= 15 is 0 Å². The smallest absolute Gasteiger partial charge is 0.161 e. The highest BCUT2D eigenvalue weighted by molar-refractivity contribution is 5.44. The molecule has 2 atom stereocenters. The molecule has 3 rings (SSSR count). The van der Waals surface area contributed by atoms with E-state index in [1.54, 1.807) is 7.11 Å². The van der Waals surface area contributed by atoms with Gasteiger partial charge in [-0.3, -0.25) is 0 Å². The van der Waals surface area contributed by atoms with Gasteiger partial charge in [-0.25, -0.2) is 0 Å². The number of methoxy groups -OCH3 is 1. The minimum atomic E-state index is 0.278. The summed E-state index contributed by atoms with van der Waals surface area (Å²) in [4.78, 5) is 2.31. The lowest BCUT2D eigenvalue weighted by Crippen LogP contribution is -2.22. The van der Waals surface area contributed by atoms with Gasteiger partial charge in [0.05, 0.1) is 7.11 Å². The van der Waals surface area contributed by atoms with E-state index in [0.29, 0.717) is 6.04 Å². The number of ether oxygens (including phenoxy) is 2. The Labute approximate surface area is 121 Å². The van der Waals surface area contributed by atoms with Crippen molar-refractivity contribution in [3.63, 3.8) is 0 Å². The number of hydrogen-bond donors (Lipinski definition) is 1. The van der Waals surface area contributed by atoms with Crippen LogP contribution in [-0.2, 0) is 0 Å². The van der Waals surface area contributed by atoms with Gasteiger partial charge in [0, 0.05) is 19.1 Å². The molecule has 2 heterocycles. The zero-order valence-electron chi connectivity index (χ0n) is 12.4. The SMILES string of the molecule is COc1ccc(C2CCCN2)cc1OC1CCN(C)C1. The highest BCUT2D eigenvalue weighted by Crippen LogP contribution is 2.34. The minimum Gasteiger partial charge on any atom is -0.493 e. The second-order valence-corrected chi connectivity index (χ2v) is 5.85. The van der Waals surface area contributed by atoms with E-state index in [9.17, 15) is 0 Å². The van der Waals surface area contributed by atoms with Gasteiger partial charge < -0.3 is 19.7 Å². The summed E-state index contributed by atoms with van der Waals surface area (Å²) in [6, 6.07) is 6.80. The van der Waals surface area contributed by atoms with E-state index in [4.69, 9.17) is 9.47 Å². The Morgan fingerprint density at radius 2 is 2.15 bits per heavy atom. The van der Waals surface area contributed by atoms with Crippen LogP contribution < -0.4 is 14.8 Å². The van der Waals surface area contributed by atoms with Crippen LogP contribution in [0.3, 0.4) is 0 Å². The van der Waals surface area contributed by atoms with Crippen molar-refractivity contribution >= 4 is 0 Å². The molecule has 2 aliphatic rings. The first kappa shape index (κ1) is 13.7. The fourth-order valence-electron chi connectivity index (χ4n) is 3.14. The van der Waals surface area contributed by atoms with Gasteiger partial charge in [-0.2, -0.15) is 0 Å². The van der Waals surface area contributed by atoms with Gasteiger partial charge in [0.2, 0.25) is 0 Å². The summed E-state index contributed by atoms with van der Waals surface area (Å²) in [6.07, 6.45) is 3.82. The molecule has 0 spiro atoms. The molecule has 110 valence electrons. The number of likely N-dealkylation sites (tertiary alicyclic amines) is 1. The predicted molar refractivity (Wildman–Crippen MR) is 79.5 cm³/mol. The largest absolute Gasteiger partial charge is 0.493 e. The molecule has 0 saturated carbocycles. The molecular formula is C16H24N2O2. The van der Waals surface area contributed by atoms with Crippen molar-refractivity contribution in [2.24, 2.45) is 0 Å². The standard InChI is InChI=1S/C16H24N2O2/c1-18-9-7-13(11-18)20-16-10-12(5-6-15(16)19-2)14-4-3-8-17-14/h5-6,10,13-14,17H,3-4,7-9,11H2,1-2H3. The second kappa shape index (κ2) is 6.02. The molecule has 0 radical (unpaired) electrons. The molecule has 0 bridgehead atoms. The molecule has 0 amide bonds. The summed E-state index contributed by atoms with van der Waals surface area (Å²) in [5.41, 5.74) is 1.31. The number of likely N-dealkylation sites (N-methyl/N-ethyl adjacent to an activating group) is 1. The first-order valence-corrected chi connectivity index (χ1v) is 7.53. The first-order chi connectivity index (χ1) is 9.76. The Balaban J connectivity index is 1.77. The average molecular weight is 276 g/mol. The maximum absolute atomic E-state index is 6.17. The molecular weight excluding hydrogens is 252 g/mol. The molecule has 2 saturated heterocycles. The lowest BCUT2D eigenvalue weighted by molar-refractivity contribution is 0.199. The first-order valence-electron chi connectivity index (χ1n) is 7.53. The number of nitrogens with one attached hydrogen (secondary N) is 1. The molecule has 0 aliphatic carbocycles. The predicted octanol–water partition coefficient (Wildman–Crippen LogP) is 2.20. The summed E-state index contributed by atoms with van der Waals surface area (Å²) < 4.78 is 11.6. The lowest BCUT2D eigenvalue weighted by atomic mass is 10.0. The number of nitrogens with zero attached hydrogens (tertiary/aromatic N) is 1. The van der Waals surface area contributed by atoms with Crippen LogP contribution in [0.1, 0.15) is 30.9 Å². The van der Waals surface area contributed by atoms with Crippen molar-refractivity contribution in [3.05, 3.63) is 23.8 Å². The molecule has 2 fully saturated rings. The van der Waals surface area contributed by atoms with E-state index in [-0.39, 0.29) is 6.10 Å². The van der Waals surface area contributed by atoms with Crippen LogP contribution in [-0.4, -0.2) is 44.8 Å². The molecule has 2 unspecified atom stereocenters. The van der Waals surface area contributed by atoms with Gasteiger partial charge in [0.25, 0.3) is 0 Å². The van der Waals surface area contributed by atoms with Crippen LogP contribution in [0.2, 0.25) is 0 Å². The Morgan fingerprint density at radius 3 is 2.80 bits per heavy atom. The van der Waals surface area contributed by atoms with Gasteiger partial charge in [0.1, 0.15) is 6.10 Å². The van der Waals surface area contributed by atoms with Gasteiger partial charge in [-0.05, 0) is 50.6 Å². The van der Waals surface area contributed by atoms with Crippen molar-refractivity contribution in [3.8, 4) is 11.5 Å². The van der Waals surface area contributed by atoms with Crippen molar-refractivity contribution in [1.29, 1.82) is 0 Å². The monoisotopic (exact) mass is 276 g/mol. The third-order valence-electron chi connectivity index (χ3n) is 4.29. The lowest BCUT2D eigenvalue weighted by Gasteiger charge is -2.19. The van der Waals surface area contributed by atoms with Gasteiger partial charge in [-0.1, -0.05) is 6.07 Å².